The summed E-state index contributed by atoms with van der Waals surface area (Å²) in [6.07, 6.45) is 2.80. The minimum absolute atomic E-state index is 0.257. The fraction of sp³-hybridized carbons (Fsp3) is 0.167. The first-order valence-corrected chi connectivity index (χ1v) is 7.41. The van der Waals surface area contributed by atoms with Crippen LogP contribution in [0.2, 0.25) is 5.02 Å². The van der Waals surface area contributed by atoms with Crippen LogP contribution in [0.4, 0.5) is 0 Å². The van der Waals surface area contributed by atoms with E-state index in [1.54, 1.807) is 0 Å². The van der Waals surface area contributed by atoms with Crippen LogP contribution >= 0.6 is 11.6 Å². The normalized spacial score (nSPS) is 12.5. The van der Waals surface area contributed by atoms with Crippen molar-refractivity contribution < 1.29 is 0 Å². The molecule has 3 rings (SSSR count). The summed E-state index contributed by atoms with van der Waals surface area (Å²) in [5.74, 6) is 0. The molecule has 1 aromatic heterocycles. The lowest BCUT2D eigenvalue weighted by molar-refractivity contribution is 0.594. The summed E-state index contributed by atoms with van der Waals surface area (Å²) in [6, 6.07) is 18.6. The Morgan fingerprint density at radius 3 is 2.57 bits per heavy atom. The van der Waals surface area contributed by atoms with Crippen molar-refractivity contribution in [2.45, 2.75) is 12.5 Å². The highest BCUT2D eigenvalue weighted by Crippen LogP contribution is 2.24. The molecule has 1 heterocycles. The number of hydrogen-bond acceptors (Lipinski definition) is 2. The number of halogens is 1. The molecular formula is C18H17ClN2. The monoisotopic (exact) mass is 296 g/mol. The quantitative estimate of drug-likeness (QED) is 0.772. The second-order valence-electron chi connectivity index (χ2n) is 5.08. The summed E-state index contributed by atoms with van der Waals surface area (Å²) in [6.45, 7) is 0. The topological polar surface area (TPSA) is 24.9 Å². The van der Waals surface area contributed by atoms with Gasteiger partial charge in [-0.2, -0.15) is 0 Å². The zero-order valence-corrected chi connectivity index (χ0v) is 12.6. The Morgan fingerprint density at radius 2 is 1.81 bits per heavy atom. The van der Waals surface area contributed by atoms with Gasteiger partial charge in [0.15, 0.2) is 0 Å². The second-order valence-corrected chi connectivity index (χ2v) is 5.52. The molecule has 0 bridgehead atoms. The van der Waals surface area contributed by atoms with E-state index in [9.17, 15) is 0 Å². The minimum atomic E-state index is 0.257. The summed E-state index contributed by atoms with van der Waals surface area (Å²) in [5, 5.41) is 5.37. The van der Waals surface area contributed by atoms with E-state index in [-0.39, 0.29) is 6.04 Å². The Kier molecular flexibility index (Phi) is 4.18. The molecule has 0 radical (unpaired) electrons. The van der Waals surface area contributed by atoms with Crippen molar-refractivity contribution >= 4 is 22.5 Å². The molecule has 1 N–H and O–H groups in total. The van der Waals surface area contributed by atoms with Gasteiger partial charge in [0, 0.05) is 22.6 Å². The summed E-state index contributed by atoms with van der Waals surface area (Å²) in [7, 11) is 1.99. The number of aromatic nitrogens is 1. The van der Waals surface area contributed by atoms with Crippen LogP contribution in [0.15, 0.2) is 60.8 Å². The Bertz CT molecular complexity index is 732. The molecule has 106 valence electrons. The number of rotatable bonds is 4. The van der Waals surface area contributed by atoms with Gasteiger partial charge in [0.2, 0.25) is 0 Å². The molecule has 1 atom stereocenters. The molecule has 2 aromatic carbocycles. The summed E-state index contributed by atoms with van der Waals surface area (Å²) >= 11 is 5.97. The Hall–Kier alpha value is -1.90. The van der Waals surface area contributed by atoms with E-state index >= 15 is 0 Å². The van der Waals surface area contributed by atoms with Crippen molar-refractivity contribution in [3.8, 4) is 0 Å². The fourth-order valence-electron chi connectivity index (χ4n) is 2.63. The lowest BCUT2D eigenvalue weighted by Crippen LogP contribution is -2.18. The number of nitrogens with zero attached hydrogens (tertiary/aromatic N) is 1. The Morgan fingerprint density at radius 1 is 1.05 bits per heavy atom. The molecule has 21 heavy (non-hydrogen) atoms. The van der Waals surface area contributed by atoms with E-state index in [0.29, 0.717) is 0 Å². The third kappa shape index (κ3) is 3.07. The van der Waals surface area contributed by atoms with Crippen LogP contribution in [0.1, 0.15) is 17.2 Å². The third-order valence-electron chi connectivity index (χ3n) is 3.78. The number of likely N-dealkylation sites (N-methyl/N-ethyl adjacent to an activating group) is 1. The Labute approximate surface area is 129 Å². The lowest BCUT2D eigenvalue weighted by Gasteiger charge is -2.18. The highest BCUT2D eigenvalue weighted by molar-refractivity contribution is 6.30. The predicted octanol–water partition coefficient (Wildman–Crippen LogP) is 4.39. The van der Waals surface area contributed by atoms with Gasteiger partial charge in [-0.05, 0) is 48.9 Å². The van der Waals surface area contributed by atoms with E-state index in [1.165, 1.54) is 16.5 Å². The highest BCUT2D eigenvalue weighted by atomic mass is 35.5. The number of pyridine rings is 1. The molecule has 1 unspecified atom stereocenters. The van der Waals surface area contributed by atoms with Gasteiger partial charge in [-0.3, -0.25) is 4.98 Å². The molecule has 0 amide bonds. The van der Waals surface area contributed by atoms with Crippen molar-refractivity contribution in [2.24, 2.45) is 0 Å². The van der Waals surface area contributed by atoms with Gasteiger partial charge in [-0.1, -0.05) is 41.9 Å². The minimum Gasteiger partial charge on any atom is -0.313 e. The molecular weight excluding hydrogens is 280 g/mol. The highest BCUT2D eigenvalue weighted by Gasteiger charge is 2.12. The maximum atomic E-state index is 5.97. The zero-order chi connectivity index (χ0) is 14.7. The van der Waals surface area contributed by atoms with Gasteiger partial charge in [0.1, 0.15) is 0 Å². The molecule has 0 spiro atoms. The van der Waals surface area contributed by atoms with Gasteiger partial charge >= 0.3 is 0 Å². The van der Waals surface area contributed by atoms with Crippen LogP contribution in [0, 0.1) is 0 Å². The number of fused-ring (bicyclic) bond motifs is 1. The smallest absolute Gasteiger partial charge is 0.0704 e. The Balaban J connectivity index is 1.94. The van der Waals surface area contributed by atoms with E-state index in [0.717, 1.165) is 17.0 Å². The van der Waals surface area contributed by atoms with E-state index in [2.05, 4.69) is 46.7 Å². The molecule has 3 heteroatoms. The average Bonchev–Trinajstić information content (AvgIpc) is 2.54. The third-order valence-corrected chi connectivity index (χ3v) is 4.04. The van der Waals surface area contributed by atoms with Crippen molar-refractivity contribution in [3.05, 3.63) is 76.9 Å². The molecule has 0 aliphatic carbocycles. The number of benzene rings is 2. The SMILES string of the molecule is CNC(Cc1ccnc2ccccc12)c1ccc(Cl)cc1. The number of hydrogen-bond donors (Lipinski definition) is 1. The van der Waals surface area contributed by atoms with Gasteiger partial charge in [0.05, 0.1) is 5.52 Å². The van der Waals surface area contributed by atoms with Gasteiger partial charge in [-0.25, -0.2) is 0 Å². The van der Waals surface area contributed by atoms with E-state index in [4.69, 9.17) is 11.6 Å². The summed E-state index contributed by atoms with van der Waals surface area (Å²) in [4.78, 5) is 4.42. The van der Waals surface area contributed by atoms with Crippen LogP contribution in [0.5, 0.6) is 0 Å². The summed E-state index contributed by atoms with van der Waals surface area (Å²) in [5.41, 5.74) is 3.58. The van der Waals surface area contributed by atoms with E-state index in [1.807, 2.05) is 31.4 Å². The molecule has 2 nitrogen and oxygen atoms in total. The van der Waals surface area contributed by atoms with Crippen molar-refractivity contribution in [1.82, 2.24) is 10.3 Å². The first-order chi connectivity index (χ1) is 10.3. The van der Waals surface area contributed by atoms with Crippen molar-refractivity contribution in [2.75, 3.05) is 7.05 Å². The van der Waals surface area contributed by atoms with Crippen LogP contribution in [-0.4, -0.2) is 12.0 Å². The zero-order valence-electron chi connectivity index (χ0n) is 11.9. The van der Waals surface area contributed by atoms with Crippen LogP contribution in [0.25, 0.3) is 10.9 Å². The fourth-order valence-corrected chi connectivity index (χ4v) is 2.76. The van der Waals surface area contributed by atoms with Gasteiger partial charge in [-0.15, -0.1) is 0 Å². The second kappa shape index (κ2) is 6.25. The van der Waals surface area contributed by atoms with Crippen LogP contribution < -0.4 is 5.32 Å². The first kappa shape index (κ1) is 14.1. The maximum Gasteiger partial charge on any atom is 0.0704 e. The van der Waals surface area contributed by atoms with Crippen LogP contribution in [-0.2, 0) is 6.42 Å². The molecule has 0 fully saturated rings. The molecule has 0 saturated heterocycles. The standard InChI is InChI=1S/C18H17ClN2/c1-20-18(13-6-8-15(19)9-7-13)12-14-10-11-21-17-5-3-2-4-16(14)17/h2-11,18,20H,12H2,1H3. The molecule has 0 aliphatic rings. The van der Waals surface area contributed by atoms with Crippen molar-refractivity contribution in [3.63, 3.8) is 0 Å². The van der Waals surface area contributed by atoms with Crippen molar-refractivity contribution in [1.29, 1.82) is 0 Å². The molecule has 3 aromatic rings. The van der Waals surface area contributed by atoms with E-state index < -0.39 is 0 Å². The maximum absolute atomic E-state index is 5.97. The predicted molar refractivity (Wildman–Crippen MR) is 88.7 cm³/mol. The molecule has 0 aliphatic heterocycles. The lowest BCUT2D eigenvalue weighted by atomic mass is 9.97. The number of nitrogens with one attached hydrogen (secondary N) is 1. The number of para-hydroxylation sites is 1. The first-order valence-electron chi connectivity index (χ1n) is 7.03. The van der Waals surface area contributed by atoms with Gasteiger partial charge in [0.25, 0.3) is 0 Å². The average molecular weight is 297 g/mol. The van der Waals surface area contributed by atoms with Crippen LogP contribution in [0.3, 0.4) is 0 Å². The molecule has 0 saturated carbocycles. The largest absolute Gasteiger partial charge is 0.313 e. The summed E-state index contributed by atoms with van der Waals surface area (Å²) < 4.78 is 0. The van der Waals surface area contributed by atoms with Gasteiger partial charge < -0.3 is 5.32 Å².